The van der Waals surface area contributed by atoms with Crippen LogP contribution in [0.3, 0.4) is 0 Å². The van der Waals surface area contributed by atoms with Gasteiger partial charge in [0, 0.05) is 40.7 Å². The number of benzene rings is 1. The van der Waals surface area contributed by atoms with Crippen molar-refractivity contribution >= 4 is 17.7 Å². The first kappa shape index (κ1) is 18.9. The number of alkyl carbamates (subject to hydrolysis) is 1. The zero-order valence-electron chi connectivity index (χ0n) is 15.2. The first-order valence-corrected chi connectivity index (χ1v) is 8.58. The van der Waals surface area contributed by atoms with Gasteiger partial charge >= 0.3 is 6.09 Å². The van der Waals surface area contributed by atoms with Gasteiger partial charge in [-0.3, -0.25) is 0 Å². The van der Waals surface area contributed by atoms with Crippen molar-refractivity contribution in [3.05, 3.63) is 27.8 Å². The lowest BCUT2D eigenvalue weighted by Crippen LogP contribution is -2.41. The van der Waals surface area contributed by atoms with Crippen LogP contribution in [-0.2, 0) is 4.74 Å². The molecular formula is C18H27ClN2O3. The average molecular weight is 355 g/mol. The molecule has 0 aliphatic carbocycles. The molecule has 1 unspecified atom stereocenters. The van der Waals surface area contributed by atoms with Gasteiger partial charge in [-0.1, -0.05) is 11.6 Å². The number of hydrogen-bond donors (Lipinski definition) is 2. The Kier molecular flexibility index (Phi) is 5.66. The third-order valence-corrected chi connectivity index (χ3v) is 4.54. The van der Waals surface area contributed by atoms with E-state index < -0.39 is 12.2 Å². The molecule has 6 heteroatoms. The molecule has 1 aliphatic heterocycles. The molecule has 1 aromatic rings. The van der Waals surface area contributed by atoms with E-state index in [1.165, 1.54) is 0 Å². The summed E-state index contributed by atoms with van der Waals surface area (Å²) in [7, 11) is 1.64. The third-order valence-electron chi connectivity index (χ3n) is 4.14. The molecule has 0 bridgehead atoms. The number of ether oxygens (including phenoxy) is 2. The van der Waals surface area contributed by atoms with Crippen molar-refractivity contribution in [2.45, 2.75) is 52.2 Å². The first-order chi connectivity index (χ1) is 11.1. The summed E-state index contributed by atoms with van der Waals surface area (Å²) in [6, 6.07) is 1.83. The number of hydrogen-bond acceptors (Lipinski definition) is 4. The normalized spacial score (nSPS) is 16.3. The first-order valence-electron chi connectivity index (χ1n) is 8.20. The van der Waals surface area contributed by atoms with Crippen LogP contribution in [0.4, 0.5) is 4.79 Å². The summed E-state index contributed by atoms with van der Waals surface area (Å²) >= 11 is 6.43. The molecule has 1 aliphatic rings. The summed E-state index contributed by atoms with van der Waals surface area (Å²) in [5.41, 5.74) is 2.56. The zero-order chi connectivity index (χ0) is 18.1. The number of halogens is 1. The van der Waals surface area contributed by atoms with Crippen LogP contribution in [-0.4, -0.2) is 31.8 Å². The molecule has 1 aromatic carbocycles. The Balaban J connectivity index is 2.31. The molecule has 0 aromatic heterocycles. The van der Waals surface area contributed by atoms with E-state index in [9.17, 15) is 4.79 Å². The number of carbonyl (C=O) groups excluding carboxylic acids is 1. The smallest absolute Gasteiger partial charge is 0.408 e. The lowest BCUT2D eigenvalue weighted by molar-refractivity contribution is 0.0986. The third kappa shape index (κ3) is 4.14. The maximum Gasteiger partial charge on any atom is 0.408 e. The van der Waals surface area contributed by atoms with E-state index >= 15 is 0 Å². The van der Waals surface area contributed by atoms with Crippen LogP contribution in [0.1, 0.15) is 56.4 Å². The van der Waals surface area contributed by atoms with Crippen molar-refractivity contribution in [3.63, 3.8) is 0 Å². The van der Waals surface area contributed by atoms with E-state index in [0.717, 1.165) is 35.5 Å². The van der Waals surface area contributed by atoms with E-state index in [0.29, 0.717) is 10.9 Å². The lowest BCUT2D eigenvalue weighted by atomic mass is 9.87. The van der Waals surface area contributed by atoms with Crippen LogP contribution >= 0.6 is 11.6 Å². The molecular weight excluding hydrogens is 328 g/mol. The van der Waals surface area contributed by atoms with Gasteiger partial charge in [0.25, 0.3) is 0 Å². The number of carbonyl (C=O) groups is 1. The Morgan fingerprint density at radius 1 is 1.42 bits per heavy atom. The highest BCUT2D eigenvalue weighted by Crippen LogP contribution is 2.41. The van der Waals surface area contributed by atoms with E-state index in [4.69, 9.17) is 21.1 Å². The van der Waals surface area contributed by atoms with Crippen molar-refractivity contribution in [1.82, 2.24) is 10.6 Å². The molecule has 24 heavy (non-hydrogen) atoms. The molecule has 134 valence electrons. The fourth-order valence-corrected chi connectivity index (χ4v) is 3.06. The zero-order valence-corrected chi connectivity index (χ0v) is 16.0. The minimum atomic E-state index is -0.466. The average Bonchev–Trinajstić information content (AvgIpc) is 2.39. The van der Waals surface area contributed by atoms with Crippen LogP contribution in [0.2, 0.25) is 5.02 Å². The van der Waals surface area contributed by atoms with Crippen molar-refractivity contribution in [2.24, 2.45) is 0 Å². The number of methoxy groups -OCH3 is 1. The van der Waals surface area contributed by atoms with E-state index in [2.05, 4.69) is 10.6 Å². The van der Waals surface area contributed by atoms with Gasteiger partial charge in [0.15, 0.2) is 0 Å². The Hall–Kier alpha value is -1.46. The second-order valence-corrected chi connectivity index (χ2v) is 7.70. The van der Waals surface area contributed by atoms with E-state index in [-0.39, 0.29) is 5.54 Å². The summed E-state index contributed by atoms with van der Waals surface area (Å²) in [5, 5.41) is 6.73. The molecule has 2 rings (SSSR count). The maximum absolute atomic E-state index is 12.1. The second kappa shape index (κ2) is 7.19. The Morgan fingerprint density at radius 3 is 2.50 bits per heavy atom. The quantitative estimate of drug-likeness (QED) is 0.860. The SMILES string of the molecule is COc1c(C(C)OC(=O)NC(C)(C)C)cc(Cl)c(C)c1C1CNC1. The van der Waals surface area contributed by atoms with Gasteiger partial charge in [-0.05, 0) is 46.2 Å². The van der Waals surface area contributed by atoms with Gasteiger partial charge in [0.2, 0.25) is 0 Å². The second-order valence-electron chi connectivity index (χ2n) is 7.30. The maximum atomic E-state index is 12.1. The van der Waals surface area contributed by atoms with Gasteiger partial charge in [-0.25, -0.2) is 4.79 Å². The van der Waals surface area contributed by atoms with Crippen LogP contribution in [0, 0.1) is 6.92 Å². The van der Waals surface area contributed by atoms with Gasteiger partial charge < -0.3 is 20.1 Å². The highest BCUT2D eigenvalue weighted by atomic mass is 35.5. The molecule has 0 radical (unpaired) electrons. The van der Waals surface area contributed by atoms with Gasteiger partial charge in [0.1, 0.15) is 11.9 Å². The fourth-order valence-electron chi connectivity index (χ4n) is 2.84. The summed E-state index contributed by atoms with van der Waals surface area (Å²) in [5.74, 6) is 1.13. The minimum absolute atomic E-state index is 0.353. The van der Waals surface area contributed by atoms with Crippen molar-refractivity contribution in [1.29, 1.82) is 0 Å². The molecule has 1 fully saturated rings. The highest BCUT2D eigenvalue weighted by molar-refractivity contribution is 6.31. The number of nitrogens with one attached hydrogen (secondary N) is 2. The van der Waals surface area contributed by atoms with E-state index in [1.54, 1.807) is 7.11 Å². The summed E-state index contributed by atoms with van der Waals surface area (Å²) in [6.45, 7) is 11.3. The van der Waals surface area contributed by atoms with Crippen molar-refractivity contribution < 1.29 is 14.3 Å². The van der Waals surface area contributed by atoms with Gasteiger partial charge in [-0.2, -0.15) is 0 Å². The Morgan fingerprint density at radius 2 is 2.04 bits per heavy atom. The predicted molar refractivity (Wildman–Crippen MR) is 96.1 cm³/mol. The summed E-state index contributed by atoms with van der Waals surface area (Å²) in [6.07, 6.45) is -0.923. The molecule has 2 N–H and O–H groups in total. The summed E-state index contributed by atoms with van der Waals surface area (Å²) < 4.78 is 11.2. The summed E-state index contributed by atoms with van der Waals surface area (Å²) in [4.78, 5) is 12.1. The fraction of sp³-hybridized carbons (Fsp3) is 0.611. The standard InChI is InChI=1S/C18H27ClN2O3/c1-10-14(19)7-13(11(2)24-17(22)21-18(3,4)5)16(23-6)15(10)12-8-20-9-12/h7,11-12,20H,8-9H2,1-6H3,(H,21,22). The Bertz CT molecular complexity index is 622. The van der Waals surface area contributed by atoms with Crippen LogP contribution in [0.5, 0.6) is 5.75 Å². The van der Waals surface area contributed by atoms with Crippen LogP contribution < -0.4 is 15.4 Å². The molecule has 1 heterocycles. The van der Waals surface area contributed by atoms with Crippen LogP contribution in [0.15, 0.2) is 6.07 Å². The van der Waals surface area contributed by atoms with Gasteiger partial charge in [-0.15, -0.1) is 0 Å². The molecule has 0 spiro atoms. The number of amides is 1. The molecule has 1 saturated heterocycles. The monoisotopic (exact) mass is 354 g/mol. The Labute approximate surface area is 149 Å². The number of rotatable bonds is 4. The van der Waals surface area contributed by atoms with E-state index in [1.807, 2.05) is 40.7 Å². The minimum Gasteiger partial charge on any atom is -0.496 e. The molecule has 5 nitrogen and oxygen atoms in total. The molecule has 1 amide bonds. The lowest BCUT2D eigenvalue weighted by Gasteiger charge is -2.32. The molecule has 1 atom stereocenters. The van der Waals surface area contributed by atoms with Crippen molar-refractivity contribution in [3.8, 4) is 5.75 Å². The van der Waals surface area contributed by atoms with Crippen molar-refractivity contribution in [2.75, 3.05) is 20.2 Å². The molecule has 0 saturated carbocycles. The predicted octanol–water partition coefficient (Wildman–Crippen LogP) is 3.93. The highest BCUT2D eigenvalue weighted by Gasteiger charge is 2.29. The largest absolute Gasteiger partial charge is 0.496 e. The van der Waals surface area contributed by atoms with Crippen LogP contribution in [0.25, 0.3) is 0 Å². The van der Waals surface area contributed by atoms with Gasteiger partial charge in [0.05, 0.1) is 7.11 Å². The topological polar surface area (TPSA) is 59.6 Å².